The van der Waals surface area contributed by atoms with E-state index in [-0.39, 0.29) is 11.4 Å². The fraction of sp³-hybridized carbons (Fsp3) is 0.714. The van der Waals surface area contributed by atoms with E-state index in [1.807, 2.05) is 6.08 Å². The zero-order chi connectivity index (χ0) is 13.0. The zero-order valence-corrected chi connectivity index (χ0v) is 12.4. The summed E-state index contributed by atoms with van der Waals surface area (Å²) in [6.07, 6.45) is 6.37. The van der Waals surface area contributed by atoms with Gasteiger partial charge in [-0.1, -0.05) is 44.3 Å². The first-order valence-corrected chi connectivity index (χ1v) is 9.40. The molecule has 0 aliphatic heterocycles. The predicted molar refractivity (Wildman–Crippen MR) is 75.1 cm³/mol. The molecule has 0 rings (SSSR count). The lowest BCUT2D eigenvalue weighted by Crippen LogP contribution is -2.29. The number of hydrogen-bond donors (Lipinski definition) is 0. The minimum Gasteiger partial charge on any atom is -0.103 e. The summed E-state index contributed by atoms with van der Waals surface area (Å²) in [5.74, 6) is 0. The standard InChI is InChI=1S/C14H28Si/c1-8-14(4,12-15(5,6)7)11-9-10-13(2)3/h8,10H,1,9,11-12H2,2-7H3/i12D. The van der Waals surface area contributed by atoms with Crippen LogP contribution in [-0.2, 0) is 0 Å². The number of allylic oxidation sites excluding steroid dienone is 3. The highest BCUT2D eigenvalue weighted by atomic mass is 28.3. The Morgan fingerprint density at radius 2 is 1.93 bits per heavy atom. The fourth-order valence-corrected chi connectivity index (χ4v) is 4.13. The molecular formula is C14H28Si. The first kappa shape index (κ1) is 12.8. The Balaban J connectivity index is 4.66. The highest BCUT2D eigenvalue weighted by molar-refractivity contribution is 6.76. The van der Waals surface area contributed by atoms with Gasteiger partial charge in [0.25, 0.3) is 0 Å². The lowest BCUT2D eigenvalue weighted by molar-refractivity contribution is 0.436. The van der Waals surface area contributed by atoms with Gasteiger partial charge in [-0.05, 0) is 38.1 Å². The molecule has 2 unspecified atom stereocenters. The van der Waals surface area contributed by atoms with Crippen LogP contribution in [0.5, 0.6) is 0 Å². The topological polar surface area (TPSA) is 0 Å². The zero-order valence-electron chi connectivity index (χ0n) is 12.4. The predicted octanol–water partition coefficient (Wildman–Crippen LogP) is 5.26. The van der Waals surface area contributed by atoms with Gasteiger partial charge in [-0.3, -0.25) is 0 Å². The van der Waals surface area contributed by atoms with Crippen LogP contribution in [-0.4, -0.2) is 8.07 Å². The van der Waals surface area contributed by atoms with Gasteiger partial charge in [0, 0.05) is 9.44 Å². The highest BCUT2D eigenvalue weighted by Gasteiger charge is 2.27. The summed E-state index contributed by atoms with van der Waals surface area (Å²) in [5.41, 5.74) is 1.33. The second-order valence-corrected chi connectivity index (χ2v) is 11.1. The van der Waals surface area contributed by atoms with Crippen molar-refractivity contribution in [3.63, 3.8) is 0 Å². The molecule has 0 bridgehead atoms. The molecule has 0 amide bonds. The summed E-state index contributed by atoms with van der Waals surface area (Å²) in [4.78, 5) is 0. The second kappa shape index (κ2) is 5.69. The quantitative estimate of drug-likeness (QED) is 0.427. The molecule has 15 heavy (non-hydrogen) atoms. The van der Waals surface area contributed by atoms with Crippen LogP contribution in [0.1, 0.15) is 35.0 Å². The van der Waals surface area contributed by atoms with Crippen LogP contribution in [0, 0.1) is 5.41 Å². The van der Waals surface area contributed by atoms with E-state index in [1.54, 1.807) is 0 Å². The molecule has 88 valence electrons. The van der Waals surface area contributed by atoms with Crippen LogP contribution in [0.3, 0.4) is 0 Å². The lowest BCUT2D eigenvalue weighted by atomic mass is 9.87. The summed E-state index contributed by atoms with van der Waals surface area (Å²) in [7, 11) is -1.42. The maximum Gasteiger partial charge on any atom is 0.0451 e. The van der Waals surface area contributed by atoms with E-state index in [1.165, 1.54) is 5.57 Å². The summed E-state index contributed by atoms with van der Waals surface area (Å²) in [5, 5.41) is 0. The molecule has 0 aliphatic rings. The van der Waals surface area contributed by atoms with Gasteiger partial charge in [-0.25, -0.2) is 0 Å². The third-order valence-electron chi connectivity index (χ3n) is 2.46. The summed E-state index contributed by atoms with van der Waals surface area (Å²) in [6.45, 7) is 17.2. The van der Waals surface area contributed by atoms with Crippen LogP contribution in [0.2, 0.25) is 25.7 Å². The van der Waals surface area contributed by atoms with E-state index < -0.39 is 8.07 Å². The van der Waals surface area contributed by atoms with Gasteiger partial charge in [0.1, 0.15) is 0 Å². The smallest absolute Gasteiger partial charge is 0.0451 e. The van der Waals surface area contributed by atoms with Gasteiger partial charge in [-0.2, -0.15) is 0 Å². The normalized spacial score (nSPS) is 18.7. The molecule has 1 heteroatoms. The van der Waals surface area contributed by atoms with Gasteiger partial charge in [0.2, 0.25) is 0 Å². The molecule has 0 nitrogen and oxygen atoms in total. The first-order chi connectivity index (χ1) is 7.13. The van der Waals surface area contributed by atoms with E-state index in [0.29, 0.717) is 0 Å². The summed E-state index contributed by atoms with van der Waals surface area (Å²) in [6, 6.07) is 0.0306. The van der Waals surface area contributed by atoms with Crippen molar-refractivity contribution >= 4 is 8.07 Å². The highest BCUT2D eigenvalue weighted by Crippen LogP contribution is 2.34. The molecule has 0 saturated carbocycles. The average Bonchev–Trinajstić information content (AvgIpc) is 2.14. The van der Waals surface area contributed by atoms with Crippen LogP contribution in [0.4, 0.5) is 0 Å². The average molecular weight is 225 g/mol. The van der Waals surface area contributed by atoms with Crippen molar-refractivity contribution in [1.82, 2.24) is 0 Å². The maximum absolute atomic E-state index is 8.43. The Labute approximate surface area is 98.9 Å². The maximum atomic E-state index is 8.43. The molecule has 0 radical (unpaired) electrons. The monoisotopic (exact) mass is 225 g/mol. The van der Waals surface area contributed by atoms with Gasteiger partial charge in [-0.15, -0.1) is 6.58 Å². The Hall–Kier alpha value is -0.303. The molecule has 0 spiro atoms. The molecule has 0 heterocycles. The molecule has 0 aromatic carbocycles. The Morgan fingerprint density at radius 1 is 1.40 bits per heavy atom. The van der Waals surface area contributed by atoms with Crippen molar-refractivity contribution in [3.8, 4) is 0 Å². The second-order valence-electron chi connectivity index (χ2n) is 6.04. The van der Waals surface area contributed by atoms with Crippen LogP contribution in [0.25, 0.3) is 0 Å². The molecular weight excluding hydrogens is 196 g/mol. The van der Waals surface area contributed by atoms with E-state index in [0.717, 1.165) is 12.8 Å². The molecule has 0 aromatic heterocycles. The summed E-state index contributed by atoms with van der Waals surface area (Å²) >= 11 is 0. The van der Waals surface area contributed by atoms with Crippen molar-refractivity contribution < 1.29 is 1.37 Å². The van der Waals surface area contributed by atoms with Crippen molar-refractivity contribution in [1.29, 1.82) is 0 Å². The fourth-order valence-electron chi connectivity index (χ4n) is 1.89. The molecule has 0 saturated heterocycles. The molecule has 0 fully saturated rings. The van der Waals surface area contributed by atoms with E-state index in [2.05, 4.69) is 53.1 Å². The van der Waals surface area contributed by atoms with Crippen molar-refractivity contribution in [2.24, 2.45) is 5.41 Å². The number of hydrogen-bond acceptors (Lipinski definition) is 0. The molecule has 2 atom stereocenters. The van der Waals surface area contributed by atoms with E-state index in [4.69, 9.17) is 1.37 Å². The van der Waals surface area contributed by atoms with Gasteiger partial charge in [0.05, 0.1) is 0 Å². The molecule has 0 aromatic rings. The van der Waals surface area contributed by atoms with Crippen LogP contribution in [0.15, 0.2) is 24.3 Å². The SMILES string of the molecule is [2H]C(C(C)(C=C)CCC=C(C)C)[Si](C)(C)C. The summed E-state index contributed by atoms with van der Waals surface area (Å²) < 4.78 is 8.43. The lowest BCUT2D eigenvalue weighted by Gasteiger charge is -2.32. The molecule has 0 N–H and O–H groups in total. The largest absolute Gasteiger partial charge is 0.103 e. The minimum atomic E-state index is -1.42. The molecule has 0 aliphatic carbocycles. The third-order valence-corrected chi connectivity index (χ3v) is 3.99. The number of rotatable bonds is 6. The van der Waals surface area contributed by atoms with Crippen molar-refractivity contribution in [2.75, 3.05) is 0 Å². The minimum absolute atomic E-state index is 0.0306. The van der Waals surface area contributed by atoms with Gasteiger partial charge in [0.15, 0.2) is 0 Å². The Kier molecular flexibility index (Phi) is 4.84. The van der Waals surface area contributed by atoms with Crippen molar-refractivity contribution in [3.05, 3.63) is 24.3 Å². The third kappa shape index (κ3) is 7.61. The Bertz CT molecular complexity index is 258. The van der Waals surface area contributed by atoms with E-state index in [9.17, 15) is 0 Å². The van der Waals surface area contributed by atoms with Gasteiger partial charge >= 0.3 is 0 Å². The van der Waals surface area contributed by atoms with Crippen LogP contribution < -0.4 is 0 Å². The van der Waals surface area contributed by atoms with Crippen LogP contribution >= 0.6 is 0 Å². The van der Waals surface area contributed by atoms with Crippen molar-refractivity contribution in [2.45, 2.75) is 59.3 Å². The van der Waals surface area contributed by atoms with Gasteiger partial charge < -0.3 is 0 Å². The Morgan fingerprint density at radius 3 is 2.27 bits per heavy atom. The first-order valence-electron chi connectivity index (χ1n) is 6.40. The van der Waals surface area contributed by atoms with E-state index >= 15 is 0 Å².